The maximum atomic E-state index is 11.6. The van der Waals surface area contributed by atoms with E-state index in [1.165, 1.54) is 19.8 Å². The topological polar surface area (TPSA) is 77.4 Å². The second-order valence-corrected chi connectivity index (χ2v) is 7.25. The molecule has 0 spiro atoms. The van der Waals surface area contributed by atoms with Crippen molar-refractivity contribution in [3.05, 3.63) is 12.1 Å². The summed E-state index contributed by atoms with van der Waals surface area (Å²) in [5, 5.41) is 6.14. The second kappa shape index (κ2) is 7.15. The summed E-state index contributed by atoms with van der Waals surface area (Å²) in [5.41, 5.74) is 1.80. The number of hydrogen-bond donors (Lipinski definition) is 2. The van der Waals surface area contributed by atoms with Crippen molar-refractivity contribution in [1.29, 1.82) is 0 Å². The molecule has 1 aliphatic carbocycles. The van der Waals surface area contributed by atoms with Crippen LogP contribution in [0.4, 0.5) is 5.95 Å². The molecule has 1 aliphatic heterocycles. The molecule has 1 saturated carbocycles. The average Bonchev–Trinajstić information content (AvgIpc) is 3.18. The number of carbonyl (C=O) groups excluding carboxylic acids is 1. The van der Waals surface area contributed by atoms with Crippen LogP contribution in [0, 0.1) is 5.92 Å². The fourth-order valence-corrected chi connectivity index (χ4v) is 3.83. The van der Waals surface area contributed by atoms with E-state index >= 15 is 0 Å². The van der Waals surface area contributed by atoms with Crippen LogP contribution in [0.3, 0.4) is 0 Å². The molecule has 2 heterocycles. The first-order valence-corrected chi connectivity index (χ1v) is 9.36. The van der Waals surface area contributed by atoms with Crippen molar-refractivity contribution in [3.63, 3.8) is 0 Å². The van der Waals surface area contributed by atoms with E-state index in [2.05, 4.69) is 20.2 Å². The van der Waals surface area contributed by atoms with Crippen molar-refractivity contribution < 1.29 is 14.3 Å². The van der Waals surface area contributed by atoms with Gasteiger partial charge in [-0.1, -0.05) is 12.8 Å². The Hall–Kier alpha value is -2.28. The minimum absolute atomic E-state index is 0.111. The van der Waals surface area contributed by atoms with Gasteiger partial charge in [-0.25, -0.2) is 4.98 Å². The number of fused-ring (bicyclic) bond motifs is 1. The van der Waals surface area contributed by atoms with Gasteiger partial charge in [-0.05, 0) is 12.8 Å². The van der Waals surface area contributed by atoms with E-state index < -0.39 is 0 Å². The van der Waals surface area contributed by atoms with Crippen LogP contribution in [0.1, 0.15) is 38.6 Å². The maximum Gasteiger partial charge on any atom is 0.223 e. The molecule has 4 rings (SSSR count). The predicted molar refractivity (Wildman–Crippen MR) is 99.9 cm³/mol. The molecule has 2 aromatic rings. The highest BCUT2D eigenvalue weighted by atomic mass is 16.5. The van der Waals surface area contributed by atoms with Gasteiger partial charge in [-0.3, -0.25) is 10.1 Å². The molecule has 2 fully saturated rings. The SMILES string of the molecule is COc1cc2c(cc1OCC1CNC1)nc(NC(C)=O)n2C1CCCC1. The number of amides is 1. The molecule has 1 saturated heterocycles. The van der Waals surface area contributed by atoms with Crippen LogP contribution >= 0.6 is 0 Å². The van der Waals surface area contributed by atoms with Gasteiger partial charge in [0.1, 0.15) is 0 Å². The minimum atomic E-state index is -0.111. The van der Waals surface area contributed by atoms with Gasteiger partial charge in [0.2, 0.25) is 11.9 Å². The number of nitrogens with zero attached hydrogens (tertiary/aromatic N) is 2. The lowest BCUT2D eigenvalue weighted by atomic mass is 10.1. The van der Waals surface area contributed by atoms with Gasteiger partial charge < -0.3 is 19.4 Å². The molecule has 0 unspecified atom stereocenters. The van der Waals surface area contributed by atoms with Gasteiger partial charge in [0.05, 0.1) is 24.8 Å². The minimum Gasteiger partial charge on any atom is -0.493 e. The maximum absolute atomic E-state index is 11.6. The normalized spacial score (nSPS) is 18.1. The first kappa shape index (κ1) is 17.1. The molecule has 1 aromatic heterocycles. The molecule has 0 atom stereocenters. The van der Waals surface area contributed by atoms with Gasteiger partial charge in [0.15, 0.2) is 11.5 Å². The molecule has 7 heteroatoms. The number of anilines is 1. The Morgan fingerprint density at radius 1 is 1.31 bits per heavy atom. The molecule has 0 radical (unpaired) electrons. The lowest BCUT2D eigenvalue weighted by Gasteiger charge is -2.27. The van der Waals surface area contributed by atoms with Gasteiger partial charge in [-0.15, -0.1) is 0 Å². The molecular formula is C19H26N4O3. The highest BCUT2D eigenvalue weighted by Crippen LogP contribution is 2.39. The lowest BCUT2D eigenvalue weighted by molar-refractivity contribution is -0.114. The Balaban J connectivity index is 1.73. The zero-order chi connectivity index (χ0) is 18.1. The Morgan fingerprint density at radius 2 is 2.08 bits per heavy atom. The van der Waals surface area contributed by atoms with Crippen LogP contribution in [0.25, 0.3) is 11.0 Å². The van der Waals surface area contributed by atoms with Gasteiger partial charge in [0, 0.05) is 44.1 Å². The first-order chi connectivity index (χ1) is 12.7. The number of carbonyl (C=O) groups is 1. The van der Waals surface area contributed by atoms with Gasteiger partial charge >= 0.3 is 0 Å². The number of nitrogens with one attached hydrogen (secondary N) is 2. The summed E-state index contributed by atoms with van der Waals surface area (Å²) in [6.07, 6.45) is 4.62. The van der Waals surface area contributed by atoms with E-state index in [4.69, 9.17) is 9.47 Å². The average molecular weight is 358 g/mol. The molecular weight excluding hydrogens is 332 g/mol. The number of hydrogen-bond acceptors (Lipinski definition) is 5. The smallest absolute Gasteiger partial charge is 0.223 e. The number of benzene rings is 1. The van der Waals surface area contributed by atoms with Crippen molar-refractivity contribution in [2.45, 2.75) is 38.6 Å². The second-order valence-electron chi connectivity index (χ2n) is 7.25. The molecule has 1 amide bonds. The summed E-state index contributed by atoms with van der Waals surface area (Å²) in [6, 6.07) is 4.27. The predicted octanol–water partition coefficient (Wildman–Crippen LogP) is 2.72. The molecule has 140 valence electrons. The quantitative estimate of drug-likeness (QED) is 0.830. The highest BCUT2D eigenvalue weighted by molar-refractivity contribution is 5.90. The van der Waals surface area contributed by atoms with E-state index in [1.807, 2.05) is 12.1 Å². The Bertz CT molecular complexity index is 807. The van der Waals surface area contributed by atoms with Gasteiger partial charge in [-0.2, -0.15) is 0 Å². The third-order valence-electron chi connectivity index (χ3n) is 5.29. The van der Waals surface area contributed by atoms with E-state index in [-0.39, 0.29) is 5.91 Å². The van der Waals surface area contributed by atoms with Gasteiger partial charge in [0.25, 0.3) is 0 Å². The molecule has 26 heavy (non-hydrogen) atoms. The van der Waals surface area contributed by atoms with Crippen molar-refractivity contribution in [3.8, 4) is 11.5 Å². The fraction of sp³-hybridized carbons (Fsp3) is 0.579. The van der Waals surface area contributed by atoms with E-state index in [0.717, 1.165) is 37.0 Å². The summed E-state index contributed by atoms with van der Waals surface area (Å²) in [6.45, 7) is 4.16. The lowest BCUT2D eigenvalue weighted by Crippen LogP contribution is -2.45. The fourth-order valence-electron chi connectivity index (χ4n) is 3.83. The number of ether oxygens (including phenoxy) is 2. The number of rotatable bonds is 6. The van der Waals surface area contributed by atoms with E-state index in [9.17, 15) is 4.79 Å². The molecule has 0 bridgehead atoms. The molecule has 1 aromatic carbocycles. The summed E-state index contributed by atoms with van der Waals surface area (Å²) < 4.78 is 13.7. The summed E-state index contributed by atoms with van der Waals surface area (Å²) in [7, 11) is 1.66. The number of imidazole rings is 1. The Morgan fingerprint density at radius 3 is 2.69 bits per heavy atom. The highest BCUT2D eigenvalue weighted by Gasteiger charge is 2.25. The molecule has 2 aliphatic rings. The van der Waals surface area contributed by atoms with Crippen LogP contribution in [0.2, 0.25) is 0 Å². The zero-order valence-electron chi connectivity index (χ0n) is 15.4. The van der Waals surface area contributed by atoms with Crippen molar-refractivity contribution in [2.75, 3.05) is 32.1 Å². The first-order valence-electron chi connectivity index (χ1n) is 9.36. The Kier molecular flexibility index (Phi) is 4.72. The van der Waals surface area contributed by atoms with Crippen LogP contribution in [-0.2, 0) is 4.79 Å². The van der Waals surface area contributed by atoms with Crippen LogP contribution in [-0.4, -0.2) is 42.3 Å². The van der Waals surface area contributed by atoms with Crippen LogP contribution < -0.4 is 20.1 Å². The van der Waals surface area contributed by atoms with Crippen molar-refractivity contribution in [2.24, 2.45) is 5.92 Å². The summed E-state index contributed by atoms with van der Waals surface area (Å²) in [4.78, 5) is 16.3. The number of aromatic nitrogens is 2. The standard InChI is InChI=1S/C19H26N4O3/c1-12(24)21-19-22-15-7-18(26-11-13-9-20-10-13)17(25-2)8-16(15)23(19)14-5-3-4-6-14/h7-8,13-14,20H,3-6,9-11H2,1-2H3,(H,21,22,24). The van der Waals surface area contributed by atoms with E-state index in [0.29, 0.717) is 36.0 Å². The largest absolute Gasteiger partial charge is 0.493 e. The third kappa shape index (κ3) is 3.23. The molecule has 7 nitrogen and oxygen atoms in total. The van der Waals surface area contributed by atoms with Crippen molar-refractivity contribution in [1.82, 2.24) is 14.9 Å². The van der Waals surface area contributed by atoms with Crippen LogP contribution in [0.5, 0.6) is 11.5 Å². The number of methoxy groups -OCH3 is 1. The van der Waals surface area contributed by atoms with Crippen molar-refractivity contribution >= 4 is 22.9 Å². The summed E-state index contributed by atoms with van der Waals surface area (Å²) >= 11 is 0. The third-order valence-corrected chi connectivity index (χ3v) is 5.29. The zero-order valence-corrected chi connectivity index (χ0v) is 15.4. The van der Waals surface area contributed by atoms with Crippen LogP contribution in [0.15, 0.2) is 12.1 Å². The molecule has 2 N–H and O–H groups in total. The Labute approximate surface area is 153 Å². The monoisotopic (exact) mass is 358 g/mol. The van der Waals surface area contributed by atoms with E-state index in [1.54, 1.807) is 7.11 Å². The summed E-state index contributed by atoms with van der Waals surface area (Å²) in [5.74, 6) is 2.46.